The van der Waals surface area contributed by atoms with Gasteiger partial charge in [0, 0.05) is 10.4 Å². The molecule has 1 unspecified atom stereocenters. The van der Waals surface area contributed by atoms with Crippen LogP contribution in [0.15, 0.2) is 47.5 Å². The minimum atomic E-state index is -0.292. The molecule has 2 aromatic carbocycles. The molecule has 1 N–H and O–H groups in total. The molecule has 8 heteroatoms. The van der Waals surface area contributed by atoms with E-state index in [0.717, 1.165) is 37.5 Å². The van der Waals surface area contributed by atoms with E-state index < -0.39 is 0 Å². The summed E-state index contributed by atoms with van der Waals surface area (Å²) in [4.78, 5) is 22.2. The fourth-order valence-corrected chi connectivity index (χ4v) is 5.35. The first-order valence-corrected chi connectivity index (χ1v) is 11.5. The lowest BCUT2D eigenvalue weighted by Crippen LogP contribution is -2.24. The molecule has 5 nitrogen and oxygen atoms in total. The van der Waals surface area contributed by atoms with Crippen LogP contribution in [0.5, 0.6) is 5.75 Å². The maximum absolute atomic E-state index is 12.9. The number of anilines is 1. The molecule has 0 bridgehead atoms. The van der Waals surface area contributed by atoms with Crippen molar-refractivity contribution in [3.05, 3.63) is 53.1 Å². The normalized spacial score (nSPS) is 12.3. The number of carbonyl (C=O) groups is 1. The topological polar surface area (TPSA) is 64.1 Å². The van der Waals surface area contributed by atoms with Crippen molar-refractivity contribution in [1.82, 2.24) is 9.97 Å². The number of nitrogens with zero attached hydrogens (tertiary/aromatic N) is 2. The van der Waals surface area contributed by atoms with Crippen molar-refractivity contribution in [1.29, 1.82) is 0 Å². The standard InChI is InChI=1S/C22H20ClN3O2S2/c1-4-17(21(27)26-22-24-15-9-8-13(23)11-18(15)30-22)29-19-10-12(2)14-6-5-7-16(28-3)20(14)25-19/h5-11,17H,4H2,1-3H3,(H,24,26,27). The second-order valence-corrected chi connectivity index (χ2v) is 9.46. The number of ether oxygens (including phenoxy) is 1. The first kappa shape index (κ1) is 20.9. The molecule has 0 aliphatic heterocycles. The molecule has 0 radical (unpaired) electrons. The number of para-hydroxylation sites is 1. The van der Waals surface area contributed by atoms with Gasteiger partial charge in [0.1, 0.15) is 11.3 Å². The van der Waals surface area contributed by atoms with Crippen LogP contribution < -0.4 is 10.1 Å². The van der Waals surface area contributed by atoms with E-state index >= 15 is 0 Å². The number of pyridine rings is 1. The molecule has 0 saturated heterocycles. The number of carbonyl (C=O) groups excluding carboxylic acids is 1. The molecule has 1 atom stereocenters. The predicted octanol–water partition coefficient (Wildman–Crippen LogP) is 6.32. The zero-order valence-electron chi connectivity index (χ0n) is 16.7. The second-order valence-electron chi connectivity index (χ2n) is 6.77. The number of aromatic nitrogens is 2. The molecular weight excluding hydrogens is 438 g/mol. The van der Waals surface area contributed by atoms with Crippen LogP contribution in [0.4, 0.5) is 5.13 Å². The van der Waals surface area contributed by atoms with Crippen molar-refractivity contribution >= 4 is 66.9 Å². The summed E-state index contributed by atoms with van der Waals surface area (Å²) in [5.41, 5.74) is 2.72. The average Bonchev–Trinajstić information content (AvgIpc) is 3.12. The zero-order chi connectivity index (χ0) is 21.3. The third-order valence-electron chi connectivity index (χ3n) is 4.71. The summed E-state index contributed by atoms with van der Waals surface area (Å²) >= 11 is 8.91. The van der Waals surface area contributed by atoms with Crippen LogP contribution in [-0.2, 0) is 4.79 Å². The fourth-order valence-electron chi connectivity index (χ4n) is 3.19. The number of benzene rings is 2. The summed E-state index contributed by atoms with van der Waals surface area (Å²) in [6.45, 7) is 4.03. The minimum absolute atomic E-state index is 0.0905. The van der Waals surface area contributed by atoms with Gasteiger partial charge in [-0.25, -0.2) is 9.97 Å². The zero-order valence-corrected chi connectivity index (χ0v) is 19.1. The molecule has 154 valence electrons. The van der Waals surface area contributed by atoms with Crippen molar-refractivity contribution < 1.29 is 9.53 Å². The molecule has 0 fully saturated rings. The number of hydrogen-bond donors (Lipinski definition) is 1. The van der Waals surface area contributed by atoms with Gasteiger partial charge in [0.05, 0.1) is 27.6 Å². The van der Waals surface area contributed by atoms with Crippen LogP contribution in [0, 0.1) is 6.92 Å². The molecule has 0 saturated carbocycles. The Hall–Kier alpha value is -2.35. The summed E-state index contributed by atoms with van der Waals surface area (Å²) in [6, 6.07) is 13.4. The largest absolute Gasteiger partial charge is 0.494 e. The summed E-state index contributed by atoms with van der Waals surface area (Å²) < 4.78 is 6.41. The van der Waals surface area contributed by atoms with E-state index in [1.54, 1.807) is 13.2 Å². The minimum Gasteiger partial charge on any atom is -0.494 e. The summed E-state index contributed by atoms with van der Waals surface area (Å²) in [6.07, 6.45) is 0.665. The number of fused-ring (bicyclic) bond motifs is 2. The smallest absolute Gasteiger partial charge is 0.239 e. The Bertz CT molecular complexity index is 1240. The number of hydrogen-bond acceptors (Lipinski definition) is 6. The van der Waals surface area contributed by atoms with Crippen LogP contribution in [0.1, 0.15) is 18.9 Å². The van der Waals surface area contributed by atoms with Crippen molar-refractivity contribution in [3.8, 4) is 5.75 Å². The molecular formula is C22H20ClN3O2S2. The number of nitrogens with one attached hydrogen (secondary N) is 1. The van der Waals surface area contributed by atoms with E-state index in [9.17, 15) is 4.79 Å². The molecule has 1 amide bonds. The Morgan fingerprint density at radius 2 is 2.10 bits per heavy atom. The highest BCUT2D eigenvalue weighted by molar-refractivity contribution is 8.00. The molecule has 0 aliphatic rings. The number of halogens is 1. The van der Waals surface area contributed by atoms with Gasteiger partial charge in [0.25, 0.3) is 0 Å². The van der Waals surface area contributed by atoms with Gasteiger partial charge in [-0.15, -0.1) is 0 Å². The van der Waals surface area contributed by atoms with Crippen LogP contribution in [0.3, 0.4) is 0 Å². The Kier molecular flexibility index (Phi) is 6.13. The van der Waals surface area contributed by atoms with Crippen LogP contribution in [0.2, 0.25) is 5.02 Å². The number of thiazole rings is 1. The van der Waals surface area contributed by atoms with E-state index in [-0.39, 0.29) is 11.2 Å². The number of aryl methyl sites for hydroxylation is 1. The Labute approximate surface area is 187 Å². The van der Waals surface area contributed by atoms with Gasteiger partial charge in [0.2, 0.25) is 5.91 Å². The van der Waals surface area contributed by atoms with Crippen LogP contribution in [0.25, 0.3) is 21.1 Å². The highest BCUT2D eigenvalue weighted by Gasteiger charge is 2.21. The monoisotopic (exact) mass is 457 g/mol. The third kappa shape index (κ3) is 4.24. The number of methoxy groups -OCH3 is 1. The fraction of sp³-hybridized carbons (Fsp3) is 0.227. The molecule has 2 aromatic heterocycles. The lowest BCUT2D eigenvalue weighted by molar-refractivity contribution is -0.115. The van der Waals surface area contributed by atoms with Gasteiger partial charge in [-0.2, -0.15) is 0 Å². The number of thioether (sulfide) groups is 1. The van der Waals surface area contributed by atoms with Gasteiger partial charge < -0.3 is 10.1 Å². The van der Waals surface area contributed by atoms with E-state index in [4.69, 9.17) is 21.3 Å². The summed E-state index contributed by atoms with van der Waals surface area (Å²) in [5, 5.41) is 5.72. The van der Waals surface area contributed by atoms with Crippen LogP contribution in [-0.4, -0.2) is 28.2 Å². The lowest BCUT2D eigenvalue weighted by atomic mass is 10.1. The van der Waals surface area contributed by atoms with Crippen molar-refractivity contribution in [2.24, 2.45) is 0 Å². The van der Waals surface area contributed by atoms with Crippen molar-refractivity contribution in [3.63, 3.8) is 0 Å². The highest BCUT2D eigenvalue weighted by atomic mass is 35.5. The van der Waals surface area contributed by atoms with Crippen molar-refractivity contribution in [2.75, 3.05) is 12.4 Å². The number of amides is 1. The quantitative estimate of drug-likeness (QED) is 0.343. The maximum Gasteiger partial charge on any atom is 0.239 e. The first-order chi connectivity index (χ1) is 14.5. The lowest BCUT2D eigenvalue weighted by Gasteiger charge is -2.15. The van der Waals surface area contributed by atoms with Gasteiger partial charge in [-0.05, 0) is 49.2 Å². The highest BCUT2D eigenvalue weighted by Crippen LogP contribution is 2.33. The Morgan fingerprint density at radius 3 is 2.87 bits per heavy atom. The van der Waals surface area contributed by atoms with E-state index in [1.807, 2.05) is 50.2 Å². The molecule has 0 aliphatic carbocycles. The van der Waals surface area contributed by atoms with Crippen LogP contribution >= 0.6 is 34.7 Å². The SMILES string of the molecule is CCC(Sc1cc(C)c2cccc(OC)c2n1)C(=O)Nc1nc2ccc(Cl)cc2s1. The summed E-state index contributed by atoms with van der Waals surface area (Å²) in [7, 11) is 1.64. The predicted molar refractivity (Wildman–Crippen MR) is 126 cm³/mol. The number of rotatable bonds is 6. The van der Waals surface area contributed by atoms with Crippen molar-refractivity contribution in [2.45, 2.75) is 30.5 Å². The average molecular weight is 458 g/mol. The van der Waals surface area contributed by atoms with E-state index in [1.165, 1.54) is 23.1 Å². The molecule has 4 rings (SSSR count). The first-order valence-electron chi connectivity index (χ1n) is 9.46. The molecule has 2 heterocycles. The van der Waals surface area contributed by atoms with Gasteiger partial charge in [-0.1, -0.05) is 53.8 Å². The Morgan fingerprint density at radius 1 is 1.27 bits per heavy atom. The van der Waals surface area contributed by atoms with Gasteiger partial charge in [0.15, 0.2) is 5.13 Å². The van der Waals surface area contributed by atoms with Gasteiger partial charge >= 0.3 is 0 Å². The maximum atomic E-state index is 12.9. The van der Waals surface area contributed by atoms with E-state index in [0.29, 0.717) is 16.6 Å². The molecule has 4 aromatic rings. The van der Waals surface area contributed by atoms with E-state index in [2.05, 4.69) is 10.3 Å². The third-order valence-corrected chi connectivity index (χ3v) is 7.16. The molecule has 0 spiro atoms. The second kappa shape index (κ2) is 8.79. The van der Waals surface area contributed by atoms with Gasteiger partial charge in [-0.3, -0.25) is 4.79 Å². The summed E-state index contributed by atoms with van der Waals surface area (Å²) in [5.74, 6) is 0.635. The molecule has 30 heavy (non-hydrogen) atoms. The Balaban J connectivity index is 1.57.